The van der Waals surface area contributed by atoms with E-state index in [1.807, 2.05) is 0 Å². The molecule has 0 amide bonds. The fourth-order valence-electron chi connectivity index (χ4n) is 3.90. The lowest BCUT2D eigenvalue weighted by atomic mass is 9.74. The van der Waals surface area contributed by atoms with Gasteiger partial charge in [-0.15, -0.1) is 0 Å². The zero-order valence-corrected chi connectivity index (χ0v) is 13.1. The number of benzene rings is 2. The molecule has 0 saturated carbocycles. The SMILES string of the molecule is Cc1ccccc1C(C)(N)CC1CCCc2ccccc21. The first kappa shape index (κ1) is 14.3. The van der Waals surface area contributed by atoms with Crippen LogP contribution in [0.2, 0.25) is 0 Å². The second-order valence-electron chi connectivity index (χ2n) is 6.72. The summed E-state index contributed by atoms with van der Waals surface area (Å²) in [4.78, 5) is 0. The minimum absolute atomic E-state index is 0.263. The van der Waals surface area contributed by atoms with E-state index >= 15 is 0 Å². The second-order valence-corrected chi connectivity index (χ2v) is 6.72. The van der Waals surface area contributed by atoms with Gasteiger partial charge in [0.2, 0.25) is 0 Å². The maximum Gasteiger partial charge on any atom is 0.0389 e. The van der Waals surface area contributed by atoms with E-state index in [4.69, 9.17) is 5.73 Å². The summed E-state index contributed by atoms with van der Waals surface area (Å²) in [5, 5.41) is 0. The number of aryl methyl sites for hydroxylation is 2. The van der Waals surface area contributed by atoms with Crippen LogP contribution in [-0.4, -0.2) is 0 Å². The second kappa shape index (κ2) is 5.65. The van der Waals surface area contributed by atoms with Crippen molar-refractivity contribution >= 4 is 0 Å². The Labute approximate surface area is 128 Å². The van der Waals surface area contributed by atoms with Crippen molar-refractivity contribution in [3.05, 3.63) is 70.8 Å². The molecule has 0 fully saturated rings. The van der Waals surface area contributed by atoms with E-state index in [0.717, 1.165) is 6.42 Å². The van der Waals surface area contributed by atoms with Crippen LogP contribution in [0.15, 0.2) is 48.5 Å². The van der Waals surface area contributed by atoms with Crippen molar-refractivity contribution in [2.75, 3.05) is 0 Å². The van der Waals surface area contributed by atoms with Crippen LogP contribution >= 0.6 is 0 Å². The average molecular weight is 279 g/mol. The van der Waals surface area contributed by atoms with E-state index in [9.17, 15) is 0 Å². The van der Waals surface area contributed by atoms with Gasteiger partial charge in [-0.05, 0) is 67.7 Å². The van der Waals surface area contributed by atoms with Crippen LogP contribution in [0.5, 0.6) is 0 Å². The molecule has 1 nitrogen and oxygen atoms in total. The van der Waals surface area contributed by atoms with Crippen molar-refractivity contribution in [3.8, 4) is 0 Å². The highest BCUT2D eigenvalue weighted by Gasteiger charge is 2.30. The lowest BCUT2D eigenvalue weighted by molar-refractivity contribution is 0.375. The monoisotopic (exact) mass is 279 g/mol. The maximum absolute atomic E-state index is 6.73. The Bertz CT molecular complexity index is 627. The average Bonchev–Trinajstić information content (AvgIpc) is 2.47. The summed E-state index contributed by atoms with van der Waals surface area (Å²) < 4.78 is 0. The number of rotatable bonds is 3. The Balaban J connectivity index is 1.89. The largest absolute Gasteiger partial charge is 0.322 e. The molecule has 3 rings (SSSR count). The molecule has 0 heterocycles. The summed E-state index contributed by atoms with van der Waals surface area (Å²) in [5.74, 6) is 0.588. The Morgan fingerprint density at radius 3 is 2.62 bits per heavy atom. The normalized spacial score (nSPS) is 20.6. The predicted octanol–water partition coefficient (Wildman–Crippen LogP) is 4.68. The summed E-state index contributed by atoms with van der Waals surface area (Å²) in [7, 11) is 0. The third-order valence-electron chi connectivity index (χ3n) is 4.92. The molecule has 110 valence electrons. The van der Waals surface area contributed by atoms with Gasteiger partial charge in [0.05, 0.1) is 0 Å². The molecule has 0 bridgehead atoms. The van der Waals surface area contributed by atoms with Crippen LogP contribution in [0, 0.1) is 6.92 Å². The van der Waals surface area contributed by atoms with Gasteiger partial charge in [-0.2, -0.15) is 0 Å². The summed E-state index contributed by atoms with van der Waals surface area (Å²) in [6, 6.07) is 17.4. The summed E-state index contributed by atoms with van der Waals surface area (Å²) >= 11 is 0. The van der Waals surface area contributed by atoms with E-state index in [2.05, 4.69) is 62.4 Å². The Kier molecular flexibility index (Phi) is 3.86. The zero-order valence-electron chi connectivity index (χ0n) is 13.1. The molecule has 1 aliphatic carbocycles. The molecule has 0 aromatic heterocycles. The molecule has 0 radical (unpaired) electrons. The Morgan fingerprint density at radius 1 is 1.10 bits per heavy atom. The van der Waals surface area contributed by atoms with Crippen molar-refractivity contribution in [2.24, 2.45) is 5.73 Å². The minimum atomic E-state index is -0.263. The molecule has 2 aromatic carbocycles. The number of fused-ring (bicyclic) bond motifs is 1. The van der Waals surface area contributed by atoms with Gasteiger partial charge in [-0.25, -0.2) is 0 Å². The van der Waals surface area contributed by atoms with Crippen LogP contribution in [0.3, 0.4) is 0 Å². The highest BCUT2D eigenvalue weighted by atomic mass is 14.7. The van der Waals surface area contributed by atoms with E-state index in [0.29, 0.717) is 5.92 Å². The van der Waals surface area contributed by atoms with Gasteiger partial charge < -0.3 is 5.73 Å². The van der Waals surface area contributed by atoms with Crippen LogP contribution < -0.4 is 5.73 Å². The zero-order chi connectivity index (χ0) is 14.9. The maximum atomic E-state index is 6.73. The van der Waals surface area contributed by atoms with Gasteiger partial charge in [0, 0.05) is 5.54 Å². The van der Waals surface area contributed by atoms with Gasteiger partial charge in [0.15, 0.2) is 0 Å². The molecule has 2 atom stereocenters. The molecule has 2 unspecified atom stereocenters. The molecular weight excluding hydrogens is 254 g/mol. The number of hydrogen-bond acceptors (Lipinski definition) is 1. The minimum Gasteiger partial charge on any atom is -0.322 e. The molecule has 0 saturated heterocycles. The van der Waals surface area contributed by atoms with E-state index in [-0.39, 0.29) is 5.54 Å². The van der Waals surface area contributed by atoms with Gasteiger partial charge in [-0.3, -0.25) is 0 Å². The number of hydrogen-bond donors (Lipinski definition) is 1. The summed E-state index contributed by atoms with van der Waals surface area (Å²) in [5.41, 5.74) is 12.1. The molecule has 0 aliphatic heterocycles. The molecule has 2 N–H and O–H groups in total. The first-order valence-electron chi connectivity index (χ1n) is 8.01. The molecule has 2 aromatic rings. The van der Waals surface area contributed by atoms with E-state index < -0.39 is 0 Å². The van der Waals surface area contributed by atoms with Crippen molar-refractivity contribution in [2.45, 2.75) is 51.0 Å². The lowest BCUT2D eigenvalue weighted by Crippen LogP contribution is -2.36. The first-order chi connectivity index (χ1) is 10.1. The summed E-state index contributed by atoms with van der Waals surface area (Å²) in [6.07, 6.45) is 4.79. The third kappa shape index (κ3) is 2.89. The van der Waals surface area contributed by atoms with Crippen molar-refractivity contribution in [3.63, 3.8) is 0 Å². The molecule has 1 heteroatoms. The summed E-state index contributed by atoms with van der Waals surface area (Å²) in [6.45, 7) is 4.35. The highest BCUT2D eigenvalue weighted by Crippen LogP contribution is 2.39. The van der Waals surface area contributed by atoms with Crippen LogP contribution in [0.1, 0.15) is 54.4 Å². The fraction of sp³-hybridized carbons (Fsp3) is 0.400. The van der Waals surface area contributed by atoms with Gasteiger partial charge in [0.1, 0.15) is 0 Å². The quantitative estimate of drug-likeness (QED) is 0.867. The van der Waals surface area contributed by atoms with Crippen molar-refractivity contribution < 1.29 is 0 Å². The molecular formula is C20H25N. The van der Waals surface area contributed by atoms with Gasteiger partial charge in [-0.1, -0.05) is 48.5 Å². The van der Waals surface area contributed by atoms with Crippen LogP contribution in [-0.2, 0) is 12.0 Å². The van der Waals surface area contributed by atoms with Crippen molar-refractivity contribution in [1.82, 2.24) is 0 Å². The number of nitrogens with two attached hydrogens (primary N) is 1. The Hall–Kier alpha value is -1.60. The molecule has 21 heavy (non-hydrogen) atoms. The van der Waals surface area contributed by atoms with E-state index in [1.54, 1.807) is 0 Å². The van der Waals surface area contributed by atoms with Crippen molar-refractivity contribution in [1.29, 1.82) is 0 Å². The predicted molar refractivity (Wildman–Crippen MR) is 89.5 cm³/mol. The topological polar surface area (TPSA) is 26.0 Å². The lowest BCUT2D eigenvalue weighted by Gasteiger charge is -2.34. The smallest absolute Gasteiger partial charge is 0.0389 e. The Morgan fingerprint density at radius 2 is 1.81 bits per heavy atom. The van der Waals surface area contributed by atoms with Gasteiger partial charge >= 0.3 is 0 Å². The molecule has 1 aliphatic rings. The highest BCUT2D eigenvalue weighted by molar-refractivity contribution is 5.36. The third-order valence-corrected chi connectivity index (χ3v) is 4.92. The van der Waals surface area contributed by atoms with E-state index in [1.165, 1.54) is 41.5 Å². The first-order valence-corrected chi connectivity index (χ1v) is 8.01. The standard InChI is InChI=1S/C20H25N/c1-15-8-3-6-13-19(15)20(2,21)14-17-11-7-10-16-9-4-5-12-18(16)17/h3-6,8-9,12-13,17H,7,10-11,14,21H2,1-2H3. The fourth-order valence-corrected chi connectivity index (χ4v) is 3.90. The molecule has 0 spiro atoms. The van der Waals surface area contributed by atoms with Gasteiger partial charge in [0.25, 0.3) is 0 Å². The van der Waals surface area contributed by atoms with Crippen LogP contribution in [0.25, 0.3) is 0 Å². The van der Waals surface area contributed by atoms with Crippen LogP contribution in [0.4, 0.5) is 0 Å².